The minimum Gasteiger partial charge on any atom is -0.490 e. The van der Waals surface area contributed by atoms with E-state index in [1.807, 2.05) is 6.92 Å². The molecular weight excluding hydrogens is 438 g/mol. The van der Waals surface area contributed by atoms with E-state index >= 15 is 0 Å². The van der Waals surface area contributed by atoms with Crippen LogP contribution in [0.4, 0.5) is 4.79 Å². The van der Waals surface area contributed by atoms with Gasteiger partial charge in [0.25, 0.3) is 5.91 Å². The zero-order valence-corrected chi connectivity index (χ0v) is 19.3. The average Bonchev–Trinajstić information content (AvgIpc) is 2.97. The average molecular weight is 466 g/mol. The van der Waals surface area contributed by atoms with Crippen LogP contribution in [0.5, 0.6) is 11.5 Å². The van der Waals surface area contributed by atoms with Crippen molar-refractivity contribution in [3.63, 3.8) is 0 Å². The molecule has 0 aromatic heterocycles. The number of benzene rings is 2. The first-order valence-electron chi connectivity index (χ1n) is 11.1. The molecule has 9 nitrogen and oxygen atoms in total. The fourth-order valence-corrected chi connectivity index (χ4v) is 4.09. The Labute approximate surface area is 197 Å². The number of rotatable bonds is 6. The number of Topliss-reactive ketones (excluding diaryl/α,β-unsaturated/α-hetero) is 1. The zero-order chi connectivity index (χ0) is 24.5. The molecule has 4 amide bonds. The Morgan fingerprint density at radius 2 is 1.76 bits per heavy atom. The van der Waals surface area contributed by atoms with E-state index in [-0.39, 0.29) is 24.3 Å². The summed E-state index contributed by atoms with van der Waals surface area (Å²) < 4.78 is 11.4. The van der Waals surface area contributed by atoms with Crippen LogP contribution < -0.4 is 20.1 Å². The van der Waals surface area contributed by atoms with E-state index in [4.69, 9.17) is 9.47 Å². The van der Waals surface area contributed by atoms with E-state index in [9.17, 15) is 19.2 Å². The molecule has 1 fully saturated rings. The molecular formula is C25H27N3O6. The maximum absolute atomic E-state index is 13.3. The molecule has 2 heterocycles. The molecule has 2 N–H and O–H groups in total. The van der Waals surface area contributed by atoms with Crippen LogP contribution in [-0.4, -0.2) is 48.3 Å². The summed E-state index contributed by atoms with van der Waals surface area (Å²) in [6.45, 7) is 5.54. The first kappa shape index (κ1) is 23.3. The van der Waals surface area contributed by atoms with Gasteiger partial charge in [0.15, 0.2) is 17.3 Å². The van der Waals surface area contributed by atoms with Gasteiger partial charge in [0.2, 0.25) is 5.91 Å². The first-order chi connectivity index (χ1) is 16.2. The van der Waals surface area contributed by atoms with Crippen LogP contribution in [0.2, 0.25) is 0 Å². The number of nitrogens with zero attached hydrogens (tertiary/aromatic N) is 1. The van der Waals surface area contributed by atoms with Gasteiger partial charge in [0.1, 0.15) is 5.54 Å². The van der Waals surface area contributed by atoms with E-state index in [2.05, 4.69) is 10.6 Å². The van der Waals surface area contributed by atoms with Gasteiger partial charge in [-0.05, 0) is 37.1 Å². The van der Waals surface area contributed by atoms with Crippen molar-refractivity contribution in [1.29, 1.82) is 0 Å². The largest absolute Gasteiger partial charge is 0.490 e. The molecule has 0 saturated carbocycles. The molecule has 2 aliphatic heterocycles. The van der Waals surface area contributed by atoms with Crippen molar-refractivity contribution >= 4 is 23.6 Å². The van der Waals surface area contributed by atoms with Crippen molar-refractivity contribution in [2.75, 3.05) is 19.8 Å². The van der Waals surface area contributed by atoms with Gasteiger partial charge in [-0.25, -0.2) is 4.79 Å². The van der Waals surface area contributed by atoms with Crippen LogP contribution in [0.3, 0.4) is 0 Å². The number of amides is 4. The lowest BCUT2D eigenvalue weighted by molar-refractivity contribution is -0.130. The molecule has 178 valence electrons. The zero-order valence-electron chi connectivity index (χ0n) is 19.3. The molecule has 2 aromatic rings. The van der Waals surface area contributed by atoms with Crippen molar-refractivity contribution in [2.45, 2.75) is 38.8 Å². The summed E-state index contributed by atoms with van der Waals surface area (Å²) in [6.07, 6.45) is 0.750. The van der Waals surface area contributed by atoms with Crippen molar-refractivity contribution in [2.24, 2.45) is 0 Å². The number of hydrogen-bond acceptors (Lipinski definition) is 6. The Kier molecular flexibility index (Phi) is 6.28. The Balaban J connectivity index is 1.49. The van der Waals surface area contributed by atoms with Crippen LogP contribution in [0.15, 0.2) is 42.5 Å². The van der Waals surface area contributed by atoms with Crippen LogP contribution in [-0.2, 0) is 15.1 Å². The van der Waals surface area contributed by atoms with Gasteiger partial charge in [-0.3, -0.25) is 19.3 Å². The fourth-order valence-electron chi connectivity index (χ4n) is 4.09. The Bertz CT molecular complexity index is 1150. The lowest BCUT2D eigenvalue weighted by Gasteiger charge is -2.23. The number of carbonyl (C=O) groups is 4. The quantitative estimate of drug-likeness (QED) is 0.501. The maximum Gasteiger partial charge on any atom is 0.325 e. The predicted molar refractivity (Wildman–Crippen MR) is 123 cm³/mol. The minimum atomic E-state index is -1.33. The highest BCUT2D eigenvalue weighted by atomic mass is 16.5. The summed E-state index contributed by atoms with van der Waals surface area (Å²) in [4.78, 5) is 51.0. The number of nitrogens with one attached hydrogen (secondary N) is 2. The highest BCUT2D eigenvalue weighted by Crippen LogP contribution is 2.36. The molecule has 2 unspecified atom stereocenters. The summed E-state index contributed by atoms with van der Waals surface area (Å²) in [7, 11) is 0. The van der Waals surface area contributed by atoms with E-state index < -0.39 is 17.5 Å². The number of carbonyl (C=O) groups excluding carboxylic acids is 4. The van der Waals surface area contributed by atoms with Crippen molar-refractivity contribution in [3.05, 3.63) is 59.2 Å². The van der Waals surface area contributed by atoms with Gasteiger partial charge >= 0.3 is 6.03 Å². The second-order valence-corrected chi connectivity index (χ2v) is 8.63. The van der Waals surface area contributed by atoms with E-state index in [1.165, 1.54) is 6.92 Å². The van der Waals surface area contributed by atoms with Crippen molar-refractivity contribution < 1.29 is 28.7 Å². The lowest BCUT2D eigenvalue weighted by Crippen LogP contribution is -2.41. The number of fused-ring (bicyclic) bond motifs is 1. The summed E-state index contributed by atoms with van der Waals surface area (Å²) in [5.41, 5.74) is 0.410. The third-order valence-electron chi connectivity index (χ3n) is 6.05. The van der Waals surface area contributed by atoms with Crippen LogP contribution >= 0.6 is 0 Å². The topological polar surface area (TPSA) is 114 Å². The Hall–Kier alpha value is -3.88. The smallest absolute Gasteiger partial charge is 0.325 e. The molecule has 0 spiro atoms. The monoisotopic (exact) mass is 465 g/mol. The minimum absolute atomic E-state index is 0.150. The second-order valence-electron chi connectivity index (χ2n) is 8.63. The van der Waals surface area contributed by atoms with Gasteiger partial charge in [-0.1, -0.05) is 30.3 Å². The number of hydrogen-bond donors (Lipinski definition) is 2. The molecule has 34 heavy (non-hydrogen) atoms. The van der Waals surface area contributed by atoms with Gasteiger partial charge in [-0.15, -0.1) is 0 Å². The normalized spacial score (nSPS) is 20.4. The third kappa shape index (κ3) is 4.46. The SMILES string of the molecule is CC(=O)NC(C)c1ccc(C(=O)CN2C(=O)NC(C)(c3ccc4c(c3)OCCCO4)C2=O)cc1. The van der Waals surface area contributed by atoms with Gasteiger partial charge in [-0.2, -0.15) is 0 Å². The summed E-state index contributed by atoms with van der Waals surface area (Å²) in [6, 6.07) is 11.0. The second kappa shape index (κ2) is 9.17. The third-order valence-corrected chi connectivity index (χ3v) is 6.05. The lowest BCUT2D eigenvalue weighted by atomic mass is 9.91. The number of ketones is 1. The Morgan fingerprint density at radius 3 is 2.44 bits per heavy atom. The van der Waals surface area contributed by atoms with Crippen LogP contribution in [0, 0.1) is 0 Å². The van der Waals surface area contributed by atoms with Gasteiger partial charge in [0.05, 0.1) is 25.8 Å². The molecule has 4 rings (SSSR count). The molecule has 2 aromatic carbocycles. The molecule has 1 saturated heterocycles. The van der Waals surface area contributed by atoms with E-state index in [0.717, 1.165) is 16.9 Å². The van der Waals surface area contributed by atoms with Crippen molar-refractivity contribution in [1.82, 2.24) is 15.5 Å². The molecule has 9 heteroatoms. The summed E-state index contributed by atoms with van der Waals surface area (Å²) in [5, 5.41) is 5.50. The first-order valence-corrected chi connectivity index (χ1v) is 11.1. The Morgan fingerprint density at radius 1 is 1.09 bits per heavy atom. The number of urea groups is 1. The van der Waals surface area contributed by atoms with Gasteiger partial charge in [0, 0.05) is 18.9 Å². The van der Waals surface area contributed by atoms with Gasteiger partial charge < -0.3 is 20.1 Å². The molecule has 2 atom stereocenters. The number of imide groups is 1. The highest BCUT2D eigenvalue weighted by Gasteiger charge is 2.49. The van der Waals surface area contributed by atoms with E-state index in [0.29, 0.717) is 35.8 Å². The van der Waals surface area contributed by atoms with Crippen molar-refractivity contribution in [3.8, 4) is 11.5 Å². The summed E-state index contributed by atoms with van der Waals surface area (Å²) in [5.74, 6) is 0.0653. The number of ether oxygens (including phenoxy) is 2. The molecule has 0 bridgehead atoms. The summed E-state index contributed by atoms with van der Waals surface area (Å²) >= 11 is 0. The molecule has 2 aliphatic rings. The molecule has 0 radical (unpaired) electrons. The van der Waals surface area contributed by atoms with E-state index in [1.54, 1.807) is 49.4 Å². The highest BCUT2D eigenvalue weighted by molar-refractivity contribution is 6.11. The predicted octanol–water partition coefficient (Wildman–Crippen LogP) is 2.69. The fraction of sp³-hybridized carbons (Fsp3) is 0.360. The molecule has 0 aliphatic carbocycles. The standard InChI is InChI=1S/C25H27N3O6/c1-15(26-16(2)29)17-5-7-18(8-6-17)20(30)14-28-23(31)25(3,27-24(28)32)19-9-10-21-22(13-19)34-12-4-11-33-21/h5-10,13,15H,4,11-12,14H2,1-3H3,(H,26,29)(H,27,32). The maximum atomic E-state index is 13.3. The van der Waals surface area contributed by atoms with Crippen LogP contribution in [0.1, 0.15) is 54.7 Å². The van der Waals surface area contributed by atoms with Crippen LogP contribution in [0.25, 0.3) is 0 Å².